The molecule has 2 atom stereocenters. The van der Waals surface area contributed by atoms with Crippen molar-refractivity contribution in [2.24, 2.45) is 5.73 Å². The van der Waals surface area contributed by atoms with Crippen LogP contribution in [-0.4, -0.2) is 49.8 Å². The van der Waals surface area contributed by atoms with E-state index in [4.69, 9.17) is 10.2 Å². The van der Waals surface area contributed by atoms with Crippen LogP contribution in [0, 0.1) is 13.8 Å². The fourth-order valence-corrected chi connectivity index (χ4v) is 4.99. The van der Waals surface area contributed by atoms with Crippen molar-refractivity contribution < 1.29 is 12.8 Å². The Morgan fingerprint density at radius 3 is 2.19 bits per heavy atom. The van der Waals surface area contributed by atoms with Crippen molar-refractivity contribution in [2.45, 2.75) is 51.2 Å². The lowest BCUT2D eigenvalue weighted by atomic mass is 10.1. The van der Waals surface area contributed by atoms with Crippen LogP contribution in [0.4, 0.5) is 0 Å². The van der Waals surface area contributed by atoms with Gasteiger partial charge in [-0.3, -0.25) is 4.90 Å². The van der Waals surface area contributed by atoms with Gasteiger partial charge in [-0.25, -0.2) is 8.42 Å². The molecule has 0 aromatic carbocycles. The molecule has 1 saturated heterocycles. The maximum Gasteiger partial charge on any atom is 0.246 e. The highest BCUT2D eigenvalue weighted by Gasteiger charge is 2.37. The molecule has 1 aliphatic rings. The van der Waals surface area contributed by atoms with E-state index < -0.39 is 10.0 Å². The summed E-state index contributed by atoms with van der Waals surface area (Å²) in [7, 11) is -1.55. The average Bonchev–Trinajstić information content (AvgIpc) is 2.69. The van der Waals surface area contributed by atoms with Gasteiger partial charge < -0.3 is 10.2 Å². The van der Waals surface area contributed by atoms with Crippen LogP contribution in [0.5, 0.6) is 0 Å². The van der Waals surface area contributed by atoms with Crippen molar-refractivity contribution in [3.05, 3.63) is 17.1 Å². The van der Waals surface area contributed by atoms with Gasteiger partial charge in [0.05, 0.1) is 0 Å². The van der Waals surface area contributed by atoms with E-state index >= 15 is 0 Å². The molecule has 21 heavy (non-hydrogen) atoms. The van der Waals surface area contributed by atoms with Gasteiger partial charge in [-0.05, 0) is 34.7 Å². The highest BCUT2D eigenvalue weighted by molar-refractivity contribution is 7.89. The molecule has 6 nitrogen and oxygen atoms in total. The first-order valence-electron chi connectivity index (χ1n) is 7.21. The molecule has 1 aliphatic heterocycles. The first-order valence-corrected chi connectivity index (χ1v) is 8.65. The predicted molar refractivity (Wildman–Crippen MR) is 81.5 cm³/mol. The van der Waals surface area contributed by atoms with Crippen LogP contribution < -0.4 is 5.73 Å². The lowest BCUT2D eigenvalue weighted by Crippen LogP contribution is -2.56. The second-order valence-corrected chi connectivity index (χ2v) is 7.79. The Balaban J connectivity index is 2.44. The van der Waals surface area contributed by atoms with Gasteiger partial charge in [0.1, 0.15) is 16.4 Å². The van der Waals surface area contributed by atoms with Crippen molar-refractivity contribution >= 4 is 10.0 Å². The molecule has 0 spiro atoms. The largest absolute Gasteiger partial charge is 0.465 e. The Hall–Kier alpha value is -0.890. The van der Waals surface area contributed by atoms with Crippen LogP contribution >= 0.6 is 0 Å². The van der Waals surface area contributed by atoms with Crippen LogP contribution in [0.25, 0.3) is 0 Å². The summed E-state index contributed by atoms with van der Waals surface area (Å²) in [6, 6.07) is 0.358. The molecular weight excluding hydrogens is 290 g/mol. The first kappa shape index (κ1) is 16.5. The number of furan rings is 1. The Bertz CT molecular complexity index is 612. The molecule has 2 N–H and O–H groups in total. The summed E-state index contributed by atoms with van der Waals surface area (Å²) in [6.07, 6.45) is 0. The summed E-state index contributed by atoms with van der Waals surface area (Å²) in [6.45, 7) is 8.64. The predicted octanol–water partition coefficient (Wildman–Crippen LogP) is 1.07. The van der Waals surface area contributed by atoms with Gasteiger partial charge >= 0.3 is 0 Å². The fourth-order valence-electron chi connectivity index (χ4n) is 2.97. The summed E-state index contributed by atoms with van der Waals surface area (Å²) in [4.78, 5) is 2.45. The third-order valence-corrected chi connectivity index (χ3v) is 6.48. The Morgan fingerprint density at radius 2 is 1.71 bits per heavy atom. The normalized spacial score (nSPS) is 25.4. The maximum atomic E-state index is 13.0. The van der Waals surface area contributed by atoms with Crippen LogP contribution in [-0.2, 0) is 16.6 Å². The first-order chi connectivity index (χ1) is 9.70. The van der Waals surface area contributed by atoms with Gasteiger partial charge in [0.2, 0.25) is 10.0 Å². The quantitative estimate of drug-likeness (QED) is 0.902. The standard InChI is InChI=1S/C14H25N3O3S/c1-9-7-17(8-10(2)16(9)5)21(18,19)14-12(4)20-11(3)13(14)6-15/h9-10H,6-8,15H2,1-5H3. The minimum Gasteiger partial charge on any atom is -0.465 e. The summed E-state index contributed by atoms with van der Waals surface area (Å²) >= 11 is 0. The lowest BCUT2D eigenvalue weighted by Gasteiger charge is -2.41. The van der Waals surface area contributed by atoms with Crippen molar-refractivity contribution in [1.29, 1.82) is 0 Å². The topological polar surface area (TPSA) is 79.8 Å². The molecule has 0 aliphatic carbocycles. The molecule has 120 valence electrons. The van der Waals surface area contributed by atoms with Gasteiger partial charge in [-0.2, -0.15) is 4.31 Å². The van der Waals surface area contributed by atoms with Crippen molar-refractivity contribution in [3.63, 3.8) is 0 Å². The fraction of sp³-hybridized carbons (Fsp3) is 0.714. The molecule has 2 rings (SSSR count). The van der Waals surface area contributed by atoms with E-state index in [0.717, 1.165) is 0 Å². The molecule has 7 heteroatoms. The van der Waals surface area contributed by atoms with E-state index in [1.54, 1.807) is 18.2 Å². The highest BCUT2D eigenvalue weighted by atomic mass is 32.2. The minimum atomic E-state index is -3.57. The number of nitrogens with two attached hydrogens (primary N) is 1. The van der Waals surface area contributed by atoms with E-state index in [-0.39, 0.29) is 23.5 Å². The van der Waals surface area contributed by atoms with Crippen LogP contribution in [0.1, 0.15) is 30.9 Å². The number of sulfonamides is 1. The zero-order valence-electron chi connectivity index (χ0n) is 13.4. The summed E-state index contributed by atoms with van der Waals surface area (Å²) < 4.78 is 33.0. The Morgan fingerprint density at radius 1 is 1.19 bits per heavy atom. The molecular formula is C14H25N3O3S. The second kappa shape index (κ2) is 5.72. The van der Waals surface area contributed by atoms with Gasteiger partial charge in [-0.15, -0.1) is 0 Å². The van der Waals surface area contributed by atoms with Gasteiger partial charge in [0.15, 0.2) is 0 Å². The molecule has 0 bridgehead atoms. The maximum absolute atomic E-state index is 13.0. The summed E-state index contributed by atoms with van der Waals surface area (Å²) in [5, 5.41) is 0. The SMILES string of the molecule is Cc1oc(C)c(S(=O)(=O)N2CC(C)N(C)C(C)C2)c1CN. The van der Waals surface area contributed by atoms with E-state index in [9.17, 15) is 8.42 Å². The van der Waals surface area contributed by atoms with E-state index in [1.807, 2.05) is 20.9 Å². The molecule has 2 heterocycles. The number of likely N-dealkylation sites (N-methyl/N-ethyl adjacent to an activating group) is 1. The Labute approximate surface area is 126 Å². The number of nitrogens with zero attached hydrogens (tertiary/aromatic N) is 2. The number of rotatable bonds is 3. The molecule has 1 fully saturated rings. The second-order valence-electron chi connectivity index (χ2n) is 5.91. The van der Waals surface area contributed by atoms with Gasteiger partial charge in [-0.1, -0.05) is 0 Å². The zero-order chi connectivity index (χ0) is 15.9. The summed E-state index contributed by atoms with van der Waals surface area (Å²) in [5.74, 6) is 1.01. The third kappa shape index (κ3) is 2.75. The van der Waals surface area contributed by atoms with Crippen molar-refractivity contribution in [1.82, 2.24) is 9.21 Å². The zero-order valence-corrected chi connectivity index (χ0v) is 14.2. The molecule has 2 unspecified atom stereocenters. The monoisotopic (exact) mass is 315 g/mol. The van der Waals surface area contributed by atoms with Gasteiger partial charge in [0, 0.05) is 37.3 Å². The van der Waals surface area contributed by atoms with Gasteiger partial charge in [0.25, 0.3) is 0 Å². The van der Waals surface area contributed by atoms with Crippen molar-refractivity contribution in [2.75, 3.05) is 20.1 Å². The number of aryl methyl sites for hydroxylation is 2. The van der Waals surface area contributed by atoms with E-state index in [2.05, 4.69) is 4.90 Å². The number of hydrogen-bond donors (Lipinski definition) is 1. The molecule has 0 amide bonds. The van der Waals surface area contributed by atoms with E-state index in [0.29, 0.717) is 30.2 Å². The molecule has 0 radical (unpaired) electrons. The molecule has 0 saturated carbocycles. The smallest absolute Gasteiger partial charge is 0.246 e. The molecule has 1 aromatic rings. The van der Waals surface area contributed by atoms with Crippen LogP contribution in [0.2, 0.25) is 0 Å². The van der Waals surface area contributed by atoms with E-state index in [1.165, 1.54) is 0 Å². The third-order valence-electron chi connectivity index (χ3n) is 4.45. The van der Waals surface area contributed by atoms with Crippen LogP contribution in [0.3, 0.4) is 0 Å². The summed E-state index contributed by atoms with van der Waals surface area (Å²) in [5.41, 5.74) is 6.31. The Kier molecular flexibility index (Phi) is 4.49. The van der Waals surface area contributed by atoms with Crippen molar-refractivity contribution in [3.8, 4) is 0 Å². The molecule has 1 aromatic heterocycles. The average molecular weight is 315 g/mol. The number of piperazine rings is 1. The number of hydrogen-bond acceptors (Lipinski definition) is 5. The highest BCUT2D eigenvalue weighted by Crippen LogP contribution is 2.30. The minimum absolute atomic E-state index is 0.163. The van der Waals surface area contributed by atoms with Crippen LogP contribution in [0.15, 0.2) is 9.31 Å². The lowest BCUT2D eigenvalue weighted by molar-refractivity contribution is 0.105.